The van der Waals surface area contributed by atoms with Crippen molar-refractivity contribution in [2.75, 3.05) is 6.61 Å². The number of nitrogens with two attached hydrogens (primary N) is 1. The lowest BCUT2D eigenvalue weighted by molar-refractivity contribution is -0.120. The highest BCUT2D eigenvalue weighted by Gasteiger charge is 2.40. The smallest absolute Gasteiger partial charge is 0.128 e. The zero-order valence-corrected chi connectivity index (χ0v) is 13.0. The maximum atomic E-state index is 14.0. The van der Waals surface area contributed by atoms with Crippen LogP contribution in [0.15, 0.2) is 18.2 Å². The molecule has 1 aromatic rings. The van der Waals surface area contributed by atoms with Crippen LogP contribution in [0.5, 0.6) is 0 Å². The zero-order valence-electron chi connectivity index (χ0n) is 12.3. The molecule has 2 N–H and O–H groups in total. The summed E-state index contributed by atoms with van der Waals surface area (Å²) in [6.07, 6.45) is 7.84. The van der Waals surface area contributed by atoms with E-state index in [0.29, 0.717) is 10.6 Å². The van der Waals surface area contributed by atoms with Gasteiger partial charge < -0.3 is 10.5 Å². The summed E-state index contributed by atoms with van der Waals surface area (Å²) < 4.78 is 20.1. The molecular formula is C17H23ClFNO. The van der Waals surface area contributed by atoms with E-state index in [1.807, 2.05) is 0 Å². The maximum Gasteiger partial charge on any atom is 0.128 e. The van der Waals surface area contributed by atoms with Crippen LogP contribution in [0.3, 0.4) is 0 Å². The van der Waals surface area contributed by atoms with E-state index in [9.17, 15) is 4.39 Å². The minimum absolute atomic E-state index is 0.00611. The van der Waals surface area contributed by atoms with Gasteiger partial charge in [-0.15, -0.1) is 0 Å². The Hall–Kier alpha value is -0.640. The number of benzene rings is 1. The molecule has 1 aliphatic heterocycles. The van der Waals surface area contributed by atoms with Crippen LogP contribution in [0.1, 0.15) is 56.6 Å². The van der Waals surface area contributed by atoms with E-state index in [1.165, 1.54) is 25.3 Å². The summed E-state index contributed by atoms with van der Waals surface area (Å²) in [5.41, 5.74) is 6.91. The molecule has 0 bridgehead atoms. The molecule has 1 aliphatic carbocycles. The molecule has 2 nitrogen and oxygen atoms in total. The Morgan fingerprint density at radius 1 is 1.29 bits per heavy atom. The molecule has 1 saturated heterocycles. The number of halogens is 2. The molecule has 1 aromatic carbocycles. The van der Waals surface area contributed by atoms with Crippen molar-refractivity contribution in [2.45, 2.75) is 56.6 Å². The summed E-state index contributed by atoms with van der Waals surface area (Å²) in [5.74, 6) is 0.0147. The van der Waals surface area contributed by atoms with E-state index in [-0.39, 0.29) is 23.4 Å². The van der Waals surface area contributed by atoms with Gasteiger partial charge in [-0.25, -0.2) is 4.39 Å². The molecule has 0 aromatic heterocycles. The predicted octanol–water partition coefficient (Wildman–Crippen LogP) is 4.61. The van der Waals surface area contributed by atoms with E-state index in [2.05, 4.69) is 0 Å². The number of hydrogen-bond donors (Lipinski definition) is 1. The second kappa shape index (κ2) is 6.23. The Morgan fingerprint density at radius 3 is 2.81 bits per heavy atom. The second-order valence-corrected chi connectivity index (χ2v) is 6.97. The standard InChI is InChI=1S/C17H23ClFNO/c18-13-4-5-15(19)14(10-13)16(20)12-6-9-21-17(11-12)7-2-1-3-8-17/h4-5,10,12,16H,1-3,6-9,11,20H2. The summed E-state index contributed by atoms with van der Waals surface area (Å²) in [7, 11) is 0. The third-order valence-corrected chi connectivity index (χ3v) is 5.36. The highest BCUT2D eigenvalue weighted by atomic mass is 35.5. The quantitative estimate of drug-likeness (QED) is 0.865. The van der Waals surface area contributed by atoms with E-state index < -0.39 is 0 Å². The van der Waals surface area contributed by atoms with Gasteiger partial charge in [-0.1, -0.05) is 30.9 Å². The van der Waals surface area contributed by atoms with Gasteiger partial charge in [0, 0.05) is 23.2 Å². The summed E-state index contributed by atoms with van der Waals surface area (Å²) in [6, 6.07) is 4.35. The van der Waals surface area contributed by atoms with Crippen molar-refractivity contribution in [3.63, 3.8) is 0 Å². The molecule has 4 heteroatoms. The lowest BCUT2D eigenvalue weighted by Crippen LogP contribution is -2.44. The second-order valence-electron chi connectivity index (χ2n) is 6.54. The lowest BCUT2D eigenvalue weighted by atomic mass is 9.73. The molecule has 1 heterocycles. The first-order chi connectivity index (χ1) is 10.1. The van der Waals surface area contributed by atoms with Gasteiger partial charge in [0.25, 0.3) is 0 Å². The van der Waals surface area contributed by atoms with Crippen molar-refractivity contribution in [3.8, 4) is 0 Å². The number of rotatable bonds is 2. The average molecular weight is 312 g/mol. The average Bonchev–Trinajstić information content (AvgIpc) is 2.50. The van der Waals surface area contributed by atoms with Crippen LogP contribution in [0, 0.1) is 11.7 Å². The van der Waals surface area contributed by atoms with Gasteiger partial charge in [-0.05, 0) is 49.8 Å². The number of ether oxygens (including phenoxy) is 1. The summed E-state index contributed by atoms with van der Waals surface area (Å²) in [4.78, 5) is 0. The van der Waals surface area contributed by atoms with Crippen LogP contribution < -0.4 is 5.73 Å². The molecule has 21 heavy (non-hydrogen) atoms. The molecule has 0 radical (unpaired) electrons. The fourth-order valence-corrected chi connectivity index (χ4v) is 4.12. The molecular weight excluding hydrogens is 289 g/mol. The van der Waals surface area contributed by atoms with E-state index >= 15 is 0 Å². The van der Waals surface area contributed by atoms with Gasteiger partial charge in [0.05, 0.1) is 5.60 Å². The minimum atomic E-state index is -0.300. The van der Waals surface area contributed by atoms with E-state index in [4.69, 9.17) is 22.1 Å². The van der Waals surface area contributed by atoms with Crippen molar-refractivity contribution in [2.24, 2.45) is 11.7 Å². The van der Waals surface area contributed by atoms with Crippen molar-refractivity contribution in [3.05, 3.63) is 34.6 Å². The number of hydrogen-bond acceptors (Lipinski definition) is 2. The van der Waals surface area contributed by atoms with Crippen molar-refractivity contribution in [1.82, 2.24) is 0 Å². The van der Waals surface area contributed by atoms with E-state index in [0.717, 1.165) is 32.3 Å². The highest BCUT2D eigenvalue weighted by molar-refractivity contribution is 6.30. The van der Waals surface area contributed by atoms with Gasteiger partial charge in [0.15, 0.2) is 0 Å². The molecule has 1 spiro atoms. The molecule has 2 atom stereocenters. The first-order valence-corrected chi connectivity index (χ1v) is 8.32. The highest BCUT2D eigenvalue weighted by Crippen LogP contribution is 2.44. The fourth-order valence-electron chi connectivity index (χ4n) is 3.94. The first kappa shape index (κ1) is 15.3. The normalized spacial score (nSPS) is 26.7. The Bertz CT molecular complexity index is 496. The molecule has 116 valence electrons. The summed E-state index contributed by atoms with van der Waals surface area (Å²) in [5, 5.41) is 0.543. The van der Waals surface area contributed by atoms with Crippen LogP contribution in [-0.4, -0.2) is 12.2 Å². The molecule has 1 saturated carbocycles. The minimum Gasteiger partial charge on any atom is -0.375 e. The van der Waals surface area contributed by atoms with Crippen LogP contribution in [0.4, 0.5) is 4.39 Å². The largest absolute Gasteiger partial charge is 0.375 e. The molecule has 2 unspecified atom stereocenters. The van der Waals surface area contributed by atoms with Crippen LogP contribution in [-0.2, 0) is 4.74 Å². The molecule has 2 aliphatic rings. The lowest BCUT2D eigenvalue weighted by Gasteiger charge is -2.45. The Labute approximate surface area is 130 Å². The van der Waals surface area contributed by atoms with Crippen molar-refractivity contribution < 1.29 is 9.13 Å². The Kier molecular flexibility index (Phi) is 4.53. The van der Waals surface area contributed by atoms with Crippen LogP contribution in [0.2, 0.25) is 5.02 Å². The molecule has 3 rings (SSSR count). The third-order valence-electron chi connectivity index (χ3n) is 5.12. The molecule has 2 fully saturated rings. The zero-order chi connectivity index (χ0) is 14.9. The van der Waals surface area contributed by atoms with Crippen molar-refractivity contribution >= 4 is 11.6 Å². The predicted molar refractivity (Wildman–Crippen MR) is 82.8 cm³/mol. The van der Waals surface area contributed by atoms with Gasteiger partial charge in [0.2, 0.25) is 0 Å². The first-order valence-electron chi connectivity index (χ1n) is 7.94. The van der Waals surface area contributed by atoms with Crippen LogP contribution in [0.25, 0.3) is 0 Å². The summed E-state index contributed by atoms with van der Waals surface area (Å²) >= 11 is 6.00. The maximum absolute atomic E-state index is 14.0. The topological polar surface area (TPSA) is 35.2 Å². The van der Waals surface area contributed by atoms with Gasteiger partial charge in [-0.2, -0.15) is 0 Å². The van der Waals surface area contributed by atoms with Crippen molar-refractivity contribution in [1.29, 1.82) is 0 Å². The summed E-state index contributed by atoms with van der Waals surface area (Å²) in [6.45, 7) is 0.737. The van der Waals surface area contributed by atoms with Gasteiger partial charge >= 0.3 is 0 Å². The van der Waals surface area contributed by atoms with Crippen LogP contribution >= 0.6 is 11.6 Å². The Balaban J connectivity index is 1.77. The molecule has 0 amide bonds. The SMILES string of the molecule is NC(c1cc(Cl)ccc1F)C1CCOC2(CCCCC2)C1. The van der Waals surface area contributed by atoms with E-state index in [1.54, 1.807) is 12.1 Å². The van der Waals surface area contributed by atoms with Gasteiger partial charge in [-0.3, -0.25) is 0 Å². The van der Waals surface area contributed by atoms with Gasteiger partial charge in [0.1, 0.15) is 5.82 Å². The fraction of sp³-hybridized carbons (Fsp3) is 0.647. The Morgan fingerprint density at radius 2 is 2.05 bits per heavy atom. The third kappa shape index (κ3) is 3.25. The monoisotopic (exact) mass is 311 g/mol.